The Morgan fingerprint density at radius 2 is 2.08 bits per heavy atom. The molecule has 1 aliphatic rings. The van der Waals surface area contributed by atoms with Gasteiger partial charge in [-0.3, -0.25) is 5.10 Å². The standard InChI is InChI=1S/C20H19N5O/c1-26-14-6-7-17-15(10-14)16-11-22-25-19(16)20(24-17)23-13-5-4-12-3-2-8-21-18(12)9-13/h4-7,9-11,21H,2-3,8H2,1H3,(H,22,25)(H,23,24). The van der Waals surface area contributed by atoms with E-state index in [4.69, 9.17) is 9.72 Å². The molecule has 0 bridgehead atoms. The number of fused-ring (bicyclic) bond motifs is 4. The molecule has 26 heavy (non-hydrogen) atoms. The molecule has 0 spiro atoms. The average molecular weight is 345 g/mol. The van der Waals surface area contributed by atoms with E-state index in [0.717, 1.165) is 52.0 Å². The second-order valence-corrected chi connectivity index (χ2v) is 6.53. The summed E-state index contributed by atoms with van der Waals surface area (Å²) in [6.45, 7) is 1.03. The summed E-state index contributed by atoms with van der Waals surface area (Å²) in [5, 5.41) is 16.2. The Bertz CT molecular complexity index is 1120. The van der Waals surface area contributed by atoms with Crippen LogP contribution in [0, 0.1) is 0 Å². The maximum Gasteiger partial charge on any atom is 0.157 e. The van der Waals surface area contributed by atoms with Crippen molar-refractivity contribution in [3.05, 3.63) is 48.2 Å². The van der Waals surface area contributed by atoms with Gasteiger partial charge in [0.05, 0.1) is 18.8 Å². The minimum Gasteiger partial charge on any atom is -0.497 e. The number of nitrogens with zero attached hydrogens (tertiary/aromatic N) is 2. The molecule has 0 aliphatic carbocycles. The Morgan fingerprint density at radius 3 is 3.00 bits per heavy atom. The van der Waals surface area contributed by atoms with Crippen molar-refractivity contribution < 1.29 is 4.74 Å². The number of H-pyrrole nitrogens is 1. The molecule has 6 heteroatoms. The fourth-order valence-corrected chi connectivity index (χ4v) is 3.57. The molecule has 2 aromatic carbocycles. The van der Waals surface area contributed by atoms with Gasteiger partial charge in [0.15, 0.2) is 5.82 Å². The highest BCUT2D eigenvalue weighted by Gasteiger charge is 2.13. The SMILES string of the molecule is COc1ccc2nc(Nc3ccc4c(c3)NCCC4)c3[nH]ncc3c2c1. The minimum absolute atomic E-state index is 0.769. The van der Waals surface area contributed by atoms with E-state index < -0.39 is 0 Å². The van der Waals surface area contributed by atoms with Gasteiger partial charge in [0.25, 0.3) is 0 Å². The van der Waals surface area contributed by atoms with Gasteiger partial charge in [0, 0.05) is 28.7 Å². The first kappa shape index (κ1) is 15.0. The molecule has 0 atom stereocenters. The fraction of sp³-hybridized carbons (Fsp3) is 0.200. The van der Waals surface area contributed by atoms with Gasteiger partial charge in [0.1, 0.15) is 11.3 Å². The smallest absolute Gasteiger partial charge is 0.157 e. The number of ether oxygens (including phenoxy) is 1. The first-order chi connectivity index (χ1) is 12.8. The third-order valence-corrected chi connectivity index (χ3v) is 4.91. The summed E-state index contributed by atoms with van der Waals surface area (Å²) in [4.78, 5) is 4.80. The molecule has 5 rings (SSSR count). The fourth-order valence-electron chi connectivity index (χ4n) is 3.57. The van der Waals surface area contributed by atoms with Gasteiger partial charge in [-0.1, -0.05) is 6.07 Å². The molecule has 0 fully saturated rings. The Morgan fingerprint density at radius 1 is 1.12 bits per heavy atom. The van der Waals surface area contributed by atoms with Crippen LogP contribution in [0.25, 0.3) is 21.8 Å². The molecular weight excluding hydrogens is 326 g/mol. The Kier molecular flexibility index (Phi) is 3.41. The van der Waals surface area contributed by atoms with Gasteiger partial charge in [-0.15, -0.1) is 0 Å². The van der Waals surface area contributed by atoms with Crippen molar-refractivity contribution in [2.75, 3.05) is 24.3 Å². The molecule has 0 amide bonds. The molecule has 3 heterocycles. The highest BCUT2D eigenvalue weighted by Crippen LogP contribution is 2.33. The normalized spacial score (nSPS) is 13.4. The predicted octanol–water partition coefficient (Wildman–Crippen LogP) is 4.22. The molecule has 2 aromatic heterocycles. The summed E-state index contributed by atoms with van der Waals surface area (Å²) < 4.78 is 5.35. The van der Waals surface area contributed by atoms with Crippen LogP contribution in [0.1, 0.15) is 12.0 Å². The molecule has 4 aromatic rings. The van der Waals surface area contributed by atoms with E-state index in [-0.39, 0.29) is 0 Å². The summed E-state index contributed by atoms with van der Waals surface area (Å²) in [6, 6.07) is 12.3. The summed E-state index contributed by atoms with van der Waals surface area (Å²) >= 11 is 0. The predicted molar refractivity (Wildman–Crippen MR) is 104 cm³/mol. The molecule has 0 unspecified atom stereocenters. The van der Waals surface area contributed by atoms with Crippen LogP contribution >= 0.6 is 0 Å². The zero-order chi connectivity index (χ0) is 17.5. The van der Waals surface area contributed by atoms with Crippen LogP contribution in [0.2, 0.25) is 0 Å². The lowest BCUT2D eigenvalue weighted by Crippen LogP contribution is -2.11. The number of hydrogen-bond acceptors (Lipinski definition) is 5. The second kappa shape index (κ2) is 5.91. The second-order valence-electron chi connectivity index (χ2n) is 6.53. The molecular formula is C20H19N5O. The Hall–Kier alpha value is -3.28. The van der Waals surface area contributed by atoms with E-state index in [1.807, 2.05) is 24.4 Å². The molecule has 0 radical (unpaired) electrons. The van der Waals surface area contributed by atoms with Crippen LogP contribution in [0.15, 0.2) is 42.6 Å². The molecule has 130 valence electrons. The summed E-state index contributed by atoms with van der Waals surface area (Å²) in [5.74, 6) is 1.58. The summed E-state index contributed by atoms with van der Waals surface area (Å²) in [7, 11) is 1.67. The van der Waals surface area contributed by atoms with Gasteiger partial charge in [-0.25, -0.2) is 4.98 Å². The van der Waals surface area contributed by atoms with Crippen LogP contribution in [-0.4, -0.2) is 28.8 Å². The number of anilines is 3. The highest BCUT2D eigenvalue weighted by molar-refractivity contribution is 6.09. The average Bonchev–Trinajstić information content (AvgIpc) is 3.18. The van der Waals surface area contributed by atoms with Crippen LogP contribution in [0.3, 0.4) is 0 Å². The topological polar surface area (TPSA) is 74.9 Å². The van der Waals surface area contributed by atoms with Crippen molar-refractivity contribution >= 4 is 39.0 Å². The van der Waals surface area contributed by atoms with Crippen molar-refractivity contribution in [3.63, 3.8) is 0 Å². The van der Waals surface area contributed by atoms with E-state index in [0.29, 0.717) is 0 Å². The number of hydrogen-bond donors (Lipinski definition) is 3. The molecule has 1 aliphatic heterocycles. The van der Waals surface area contributed by atoms with E-state index in [2.05, 4.69) is 39.0 Å². The van der Waals surface area contributed by atoms with Crippen molar-refractivity contribution in [2.24, 2.45) is 0 Å². The highest BCUT2D eigenvalue weighted by atomic mass is 16.5. The summed E-state index contributed by atoms with van der Waals surface area (Å²) in [5.41, 5.74) is 5.36. The maximum atomic E-state index is 5.35. The zero-order valence-corrected chi connectivity index (χ0v) is 14.5. The zero-order valence-electron chi connectivity index (χ0n) is 14.5. The number of methoxy groups -OCH3 is 1. The van der Waals surface area contributed by atoms with E-state index in [1.54, 1.807) is 7.11 Å². The number of aryl methyl sites for hydroxylation is 1. The monoisotopic (exact) mass is 345 g/mol. The first-order valence-corrected chi connectivity index (χ1v) is 8.76. The minimum atomic E-state index is 0.769. The van der Waals surface area contributed by atoms with Gasteiger partial charge in [-0.2, -0.15) is 5.10 Å². The van der Waals surface area contributed by atoms with Crippen LogP contribution in [0.4, 0.5) is 17.2 Å². The molecule has 0 saturated heterocycles. The molecule has 0 saturated carbocycles. The van der Waals surface area contributed by atoms with Crippen molar-refractivity contribution in [1.29, 1.82) is 0 Å². The van der Waals surface area contributed by atoms with Crippen LogP contribution < -0.4 is 15.4 Å². The van der Waals surface area contributed by atoms with Gasteiger partial charge in [0.2, 0.25) is 0 Å². The quantitative estimate of drug-likeness (QED) is 0.518. The first-order valence-electron chi connectivity index (χ1n) is 8.76. The third kappa shape index (κ3) is 2.42. The van der Waals surface area contributed by atoms with Crippen LogP contribution in [0.5, 0.6) is 5.75 Å². The number of nitrogens with one attached hydrogen (secondary N) is 3. The van der Waals surface area contributed by atoms with E-state index in [9.17, 15) is 0 Å². The van der Waals surface area contributed by atoms with Crippen molar-refractivity contribution in [2.45, 2.75) is 12.8 Å². The molecule has 3 N–H and O–H groups in total. The lowest BCUT2D eigenvalue weighted by molar-refractivity contribution is 0.415. The number of benzene rings is 2. The lowest BCUT2D eigenvalue weighted by Gasteiger charge is -2.19. The number of rotatable bonds is 3. The molecule has 6 nitrogen and oxygen atoms in total. The number of pyridine rings is 1. The lowest BCUT2D eigenvalue weighted by atomic mass is 10.0. The third-order valence-electron chi connectivity index (χ3n) is 4.91. The van der Waals surface area contributed by atoms with Gasteiger partial charge in [-0.05, 0) is 48.7 Å². The maximum absolute atomic E-state index is 5.35. The van der Waals surface area contributed by atoms with Crippen molar-refractivity contribution in [3.8, 4) is 5.75 Å². The number of aromatic amines is 1. The summed E-state index contributed by atoms with van der Waals surface area (Å²) in [6.07, 6.45) is 4.14. The largest absolute Gasteiger partial charge is 0.497 e. The van der Waals surface area contributed by atoms with Gasteiger partial charge >= 0.3 is 0 Å². The van der Waals surface area contributed by atoms with Gasteiger partial charge < -0.3 is 15.4 Å². The van der Waals surface area contributed by atoms with E-state index >= 15 is 0 Å². The van der Waals surface area contributed by atoms with Crippen molar-refractivity contribution in [1.82, 2.24) is 15.2 Å². The Balaban J connectivity index is 1.61. The van der Waals surface area contributed by atoms with Crippen LogP contribution in [-0.2, 0) is 6.42 Å². The Labute approximate surface area is 150 Å². The van der Waals surface area contributed by atoms with E-state index in [1.165, 1.54) is 17.7 Å². The number of aromatic nitrogens is 3.